The van der Waals surface area contributed by atoms with Crippen molar-refractivity contribution in [1.82, 2.24) is 10.1 Å². The predicted molar refractivity (Wildman–Crippen MR) is 143 cm³/mol. The number of nitrogens with zero attached hydrogens (tertiary/aromatic N) is 1. The summed E-state index contributed by atoms with van der Waals surface area (Å²) in [5.74, 6) is 0. The Morgan fingerprint density at radius 2 is 1.60 bits per heavy atom. The van der Waals surface area contributed by atoms with E-state index in [1.165, 1.54) is 0 Å². The lowest BCUT2D eigenvalue weighted by atomic mass is 9.96. The molecule has 178 valence electrons. The van der Waals surface area contributed by atoms with E-state index in [2.05, 4.69) is 15.2 Å². The molecule has 1 aliphatic heterocycles. The summed E-state index contributed by atoms with van der Waals surface area (Å²) >= 11 is 18.7. The molecule has 0 bridgehead atoms. The lowest BCUT2D eigenvalue weighted by molar-refractivity contribution is 0.577. The number of halogens is 3. The SMILES string of the molecule is O=S(=O)(NC(C1=NNC(c2ccc(Cl)cc2)C1)c1ccc(Cl)cc1Cl)c1cccc2ccccc12. The Kier molecular flexibility index (Phi) is 6.75. The highest BCUT2D eigenvalue weighted by Gasteiger charge is 2.32. The number of fused-ring (bicyclic) bond motifs is 1. The second kappa shape index (κ2) is 9.80. The van der Waals surface area contributed by atoms with Crippen LogP contribution in [0.1, 0.15) is 29.6 Å². The Morgan fingerprint density at radius 1 is 0.886 bits per heavy atom. The number of sulfonamides is 1. The monoisotopic (exact) mass is 543 g/mol. The van der Waals surface area contributed by atoms with Crippen molar-refractivity contribution < 1.29 is 8.42 Å². The molecule has 0 radical (unpaired) electrons. The summed E-state index contributed by atoms with van der Waals surface area (Å²) < 4.78 is 30.2. The normalized spacial score (nSPS) is 16.7. The second-order valence-corrected chi connectivity index (χ2v) is 11.2. The third-order valence-corrected chi connectivity index (χ3v) is 8.26. The van der Waals surface area contributed by atoms with Crippen molar-refractivity contribution in [3.05, 3.63) is 111 Å². The molecule has 2 atom stereocenters. The van der Waals surface area contributed by atoms with Gasteiger partial charge in [-0.2, -0.15) is 9.82 Å². The summed E-state index contributed by atoms with van der Waals surface area (Å²) in [6, 6.07) is 24.1. The zero-order chi connectivity index (χ0) is 24.6. The molecule has 0 fully saturated rings. The Bertz CT molecular complexity index is 1530. The number of benzene rings is 4. The van der Waals surface area contributed by atoms with Crippen molar-refractivity contribution in [3.63, 3.8) is 0 Å². The Hall–Kier alpha value is -2.61. The zero-order valence-electron chi connectivity index (χ0n) is 18.3. The second-order valence-electron chi connectivity index (χ2n) is 8.24. The third kappa shape index (κ3) is 5.03. The van der Waals surface area contributed by atoms with Gasteiger partial charge in [-0.1, -0.05) is 89.4 Å². The summed E-state index contributed by atoms with van der Waals surface area (Å²) in [5, 5.41) is 7.42. The van der Waals surface area contributed by atoms with Crippen LogP contribution in [0.4, 0.5) is 0 Å². The molecule has 2 unspecified atom stereocenters. The smallest absolute Gasteiger partial charge is 0.242 e. The molecule has 0 saturated carbocycles. The average molecular weight is 545 g/mol. The maximum absolute atomic E-state index is 13.7. The van der Waals surface area contributed by atoms with Crippen molar-refractivity contribution in [3.8, 4) is 0 Å². The number of hydrogen-bond donors (Lipinski definition) is 2. The van der Waals surface area contributed by atoms with Crippen LogP contribution in [0.25, 0.3) is 10.8 Å². The third-order valence-electron chi connectivity index (χ3n) is 5.97. The van der Waals surface area contributed by atoms with Crippen molar-refractivity contribution in [1.29, 1.82) is 0 Å². The highest BCUT2D eigenvalue weighted by Crippen LogP contribution is 2.34. The molecule has 9 heteroatoms. The Morgan fingerprint density at radius 3 is 2.37 bits per heavy atom. The molecule has 0 aliphatic carbocycles. The first kappa shape index (κ1) is 24.1. The van der Waals surface area contributed by atoms with Crippen molar-refractivity contribution in [2.24, 2.45) is 5.10 Å². The van der Waals surface area contributed by atoms with Gasteiger partial charge in [0.25, 0.3) is 0 Å². The van der Waals surface area contributed by atoms with Crippen LogP contribution >= 0.6 is 34.8 Å². The summed E-state index contributed by atoms with van der Waals surface area (Å²) in [6.45, 7) is 0. The minimum Gasteiger partial charge on any atom is -0.302 e. The topological polar surface area (TPSA) is 70.6 Å². The Balaban J connectivity index is 1.53. The molecular formula is C26H20Cl3N3O2S. The van der Waals surface area contributed by atoms with Gasteiger partial charge >= 0.3 is 0 Å². The number of hydrogen-bond acceptors (Lipinski definition) is 4. The largest absolute Gasteiger partial charge is 0.302 e. The van der Waals surface area contributed by atoms with Crippen molar-refractivity contribution in [2.45, 2.75) is 23.4 Å². The molecule has 5 rings (SSSR count). The van der Waals surface area contributed by atoms with E-state index in [0.717, 1.165) is 10.9 Å². The molecule has 1 heterocycles. The first-order valence-electron chi connectivity index (χ1n) is 10.8. The van der Waals surface area contributed by atoms with Crippen LogP contribution in [0.5, 0.6) is 0 Å². The standard InChI is InChI=1S/C26H20Cl3N3O2S/c27-18-10-8-17(9-11-18)23-15-24(31-30-23)26(21-13-12-19(28)14-22(21)29)32-35(33,34)25-7-3-5-16-4-1-2-6-20(16)25/h1-14,23,26,30,32H,15H2. The molecule has 0 amide bonds. The predicted octanol–water partition coefficient (Wildman–Crippen LogP) is 6.91. The van der Waals surface area contributed by atoms with E-state index in [0.29, 0.717) is 38.2 Å². The van der Waals surface area contributed by atoms with Gasteiger partial charge in [0.15, 0.2) is 0 Å². The van der Waals surface area contributed by atoms with E-state index in [-0.39, 0.29) is 10.9 Å². The van der Waals surface area contributed by atoms with Crippen molar-refractivity contribution in [2.75, 3.05) is 0 Å². The molecule has 0 saturated heterocycles. The van der Waals surface area contributed by atoms with Gasteiger partial charge in [0.1, 0.15) is 0 Å². The van der Waals surface area contributed by atoms with Crippen LogP contribution in [0, 0.1) is 0 Å². The molecule has 2 N–H and O–H groups in total. The minimum atomic E-state index is -3.95. The van der Waals surface area contributed by atoms with E-state index in [1.54, 1.807) is 36.4 Å². The van der Waals surface area contributed by atoms with Crippen LogP contribution in [-0.4, -0.2) is 14.1 Å². The van der Waals surface area contributed by atoms with E-state index in [1.807, 2.05) is 48.5 Å². The molecule has 4 aromatic rings. The van der Waals surface area contributed by atoms with Gasteiger partial charge in [-0.25, -0.2) is 8.42 Å². The van der Waals surface area contributed by atoms with Gasteiger partial charge in [0, 0.05) is 26.9 Å². The van der Waals surface area contributed by atoms with Gasteiger partial charge < -0.3 is 5.43 Å². The molecule has 0 spiro atoms. The molecule has 35 heavy (non-hydrogen) atoms. The van der Waals surface area contributed by atoms with Gasteiger partial charge in [-0.05, 0) is 46.8 Å². The molecule has 4 aromatic carbocycles. The van der Waals surface area contributed by atoms with E-state index in [4.69, 9.17) is 34.8 Å². The fourth-order valence-corrected chi connectivity index (χ4v) is 6.30. The first-order valence-corrected chi connectivity index (χ1v) is 13.5. The zero-order valence-corrected chi connectivity index (χ0v) is 21.3. The lowest BCUT2D eigenvalue weighted by Crippen LogP contribution is -2.34. The molecule has 5 nitrogen and oxygen atoms in total. The summed E-state index contributed by atoms with van der Waals surface area (Å²) in [4.78, 5) is 0.187. The Labute approximate surface area is 218 Å². The van der Waals surface area contributed by atoms with Crippen LogP contribution < -0.4 is 10.1 Å². The van der Waals surface area contributed by atoms with Gasteiger partial charge in [-0.3, -0.25) is 0 Å². The van der Waals surface area contributed by atoms with Gasteiger partial charge in [0.05, 0.1) is 22.7 Å². The fraction of sp³-hybridized carbons (Fsp3) is 0.115. The van der Waals surface area contributed by atoms with E-state index < -0.39 is 16.1 Å². The summed E-state index contributed by atoms with van der Waals surface area (Å²) in [7, 11) is -3.95. The lowest BCUT2D eigenvalue weighted by Gasteiger charge is -2.21. The first-order chi connectivity index (χ1) is 16.8. The van der Waals surface area contributed by atoms with Crippen molar-refractivity contribution >= 4 is 61.3 Å². The van der Waals surface area contributed by atoms with Gasteiger partial charge in [-0.15, -0.1) is 0 Å². The van der Waals surface area contributed by atoms with E-state index in [9.17, 15) is 8.42 Å². The van der Waals surface area contributed by atoms with Crippen LogP contribution in [0.15, 0.2) is 94.9 Å². The highest BCUT2D eigenvalue weighted by atomic mass is 35.5. The minimum absolute atomic E-state index is 0.127. The number of nitrogens with one attached hydrogen (secondary N) is 2. The molecule has 1 aliphatic rings. The van der Waals surface area contributed by atoms with Crippen LogP contribution in [0.3, 0.4) is 0 Å². The number of hydrazone groups is 1. The molecular weight excluding hydrogens is 525 g/mol. The number of rotatable bonds is 6. The maximum atomic E-state index is 13.7. The maximum Gasteiger partial charge on any atom is 0.242 e. The summed E-state index contributed by atoms with van der Waals surface area (Å²) in [6.07, 6.45) is 0.476. The van der Waals surface area contributed by atoms with Crippen LogP contribution in [0.2, 0.25) is 15.1 Å². The highest BCUT2D eigenvalue weighted by molar-refractivity contribution is 7.89. The molecule has 0 aromatic heterocycles. The van der Waals surface area contributed by atoms with Gasteiger partial charge in [0.2, 0.25) is 10.0 Å². The van der Waals surface area contributed by atoms with E-state index >= 15 is 0 Å². The quantitative estimate of drug-likeness (QED) is 0.277. The fourth-order valence-electron chi connectivity index (χ4n) is 4.23. The van der Waals surface area contributed by atoms with Crippen LogP contribution in [-0.2, 0) is 10.0 Å². The average Bonchev–Trinajstić information content (AvgIpc) is 3.33. The summed E-state index contributed by atoms with van der Waals surface area (Å²) in [5.41, 5.74) is 5.29.